The van der Waals surface area contributed by atoms with E-state index >= 15 is 0 Å². The maximum absolute atomic E-state index is 2.42. The summed E-state index contributed by atoms with van der Waals surface area (Å²) in [7, 11) is 0. The third kappa shape index (κ3) is 6.48. The summed E-state index contributed by atoms with van der Waals surface area (Å²) in [6.45, 7) is 7.01. The second-order valence-corrected chi connectivity index (χ2v) is 20.3. The summed E-state index contributed by atoms with van der Waals surface area (Å²) in [5, 5.41) is 0. The quantitative estimate of drug-likeness (QED) is 0.492. The van der Waals surface area contributed by atoms with Crippen molar-refractivity contribution >= 4 is 41.9 Å². The fourth-order valence-corrected chi connectivity index (χ4v) is 7.72. The molecule has 0 saturated carbocycles. The van der Waals surface area contributed by atoms with Crippen LogP contribution in [-0.2, 0) is 0 Å². The summed E-state index contributed by atoms with van der Waals surface area (Å²) in [6, 6.07) is 32.8. The first-order valence-electron chi connectivity index (χ1n) is 9.23. The van der Waals surface area contributed by atoms with Gasteiger partial charge in [-0.3, -0.25) is 0 Å². The zero-order chi connectivity index (χ0) is 19.0. The summed E-state index contributed by atoms with van der Waals surface area (Å²) in [6.07, 6.45) is 0. The molecule has 3 aromatic carbocycles. The molecule has 0 aliphatic rings. The van der Waals surface area contributed by atoms with E-state index < -0.39 is 28.7 Å². The van der Waals surface area contributed by atoms with Crippen molar-refractivity contribution in [1.29, 1.82) is 0 Å². The third-order valence-corrected chi connectivity index (χ3v) is 16.7. The molecule has 0 fully saturated rings. The Balaban J connectivity index is 0.000000298. The van der Waals surface area contributed by atoms with Gasteiger partial charge in [0.25, 0.3) is 0 Å². The van der Waals surface area contributed by atoms with E-state index in [-0.39, 0.29) is 0 Å². The van der Waals surface area contributed by atoms with E-state index in [1.807, 2.05) is 0 Å². The third-order valence-electron chi connectivity index (χ3n) is 4.69. The molecular weight excluding hydrogens is 433 g/mol. The van der Waals surface area contributed by atoms with Gasteiger partial charge in [-0.2, -0.15) is 0 Å². The Morgan fingerprint density at radius 2 is 0.731 bits per heavy atom. The van der Waals surface area contributed by atoms with E-state index in [1.165, 1.54) is 13.2 Å². The van der Waals surface area contributed by atoms with Gasteiger partial charge in [0.05, 0.1) is 0 Å². The molecule has 2 heteroatoms. The van der Waals surface area contributed by atoms with Crippen LogP contribution in [0, 0.1) is 0 Å². The first kappa shape index (κ1) is 21.1. The van der Waals surface area contributed by atoms with Crippen LogP contribution in [0.1, 0.15) is 20.8 Å². The van der Waals surface area contributed by atoms with Gasteiger partial charge in [0.15, 0.2) is 0 Å². The van der Waals surface area contributed by atoms with Crippen LogP contribution >= 0.6 is 0 Å². The molecule has 0 aliphatic heterocycles. The van der Waals surface area contributed by atoms with Gasteiger partial charge >= 0.3 is 169 Å². The van der Waals surface area contributed by atoms with E-state index in [9.17, 15) is 0 Å². The topological polar surface area (TPSA) is 0 Å². The monoisotopic (exact) mass is 466 g/mol. The van der Waals surface area contributed by atoms with Crippen molar-refractivity contribution in [3.8, 4) is 0 Å². The van der Waals surface area contributed by atoms with Gasteiger partial charge in [0.1, 0.15) is 0 Å². The summed E-state index contributed by atoms with van der Waals surface area (Å²) < 4.78 is 5.17. The van der Waals surface area contributed by atoms with E-state index in [4.69, 9.17) is 0 Å². The van der Waals surface area contributed by atoms with Gasteiger partial charge in [-0.1, -0.05) is 0 Å². The molecule has 0 heterocycles. The Bertz CT molecular complexity index is 651. The molecule has 0 aromatic heterocycles. The Kier molecular flexibility index (Phi) is 8.24. The zero-order valence-electron chi connectivity index (χ0n) is 16.7. The van der Waals surface area contributed by atoms with Crippen molar-refractivity contribution in [3.63, 3.8) is 0 Å². The van der Waals surface area contributed by atoms with Crippen molar-refractivity contribution in [2.45, 2.75) is 36.5 Å². The van der Waals surface area contributed by atoms with Crippen LogP contribution in [0.25, 0.3) is 0 Å². The molecule has 0 saturated heterocycles. The Morgan fingerprint density at radius 1 is 0.500 bits per heavy atom. The fraction of sp³-hybridized carbons (Fsp3) is 0.250. The summed E-state index contributed by atoms with van der Waals surface area (Å²) in [5.74, 6) is 4.83. The number of hydrogen-bond donors (Lipinski definition) is 0. The SMILES string of the molecule is [CH3][Ge]([CH3])[C](C)(C)C.c1cc[c]([Ge]([c]2ccccc2)[c]2ccccc2)cc1. The molecule has 3 aromatic rings. The predicted octanol–water partition coefficient (Wildman–Crippen LogP) is 4.74. The Labute approximate surface area is 168 Å². The number of rotatable bonds is 3. The first-order valence-corrected chi connectivity index (χ1v) is 17.6. The van der Waals surface area contributed by atoms with E-state index in [1.54, 1.807) is 0 Å². The molecule has 0 amide bonds. The zero-order valence-corrected chi connectivity index (χ0v) is 20.9. The van der Waals surface area contributed by atoms with Gasteiger partial charge in [0.2, 0.25) is 0 Å². The van der Waals surface area contributed by atoms with Crippen molar-refractivity contribution < 1.29 is 0 Å². The van der Waals surface area contributed by atoms with Gasteiger partial charge in [-0.05, 0) is 0 Å². The molecule has 26 heavy (non-hydrogen) atoms. The summed E-state index contributed by atoms with van der Waals surface area (Å²) >= 11 is -2.22. The van der Waals surface area contributed by atoms with Crippen molar-refractivity contribution in [1.82, 2.24) is 0 Å². The van der Waals surface area contributed by atoms with Gasteiger partial charge < -0.3 is 0 Å². The van der Waals surface area contributed by atoms with Crippen LogP contribution in [0.4, 0.5) is 0 Å². The molecular formula is C24H30Ge2. The van der Waals surface area contributed by atoms with E-state index in [0.29, 0.717) is 4.25 Å². The van der Waals surface area contributed by atoms with Crippen LogP contribution in [0.15, 0.2) is 91.0 Å². The van der Waals surface area contributed by atoms with E-state index in [0.717, 1.165) is 0 Å². The van der Waals surface area contributed by atoms with Crippen LogP contribution in [0.3, 0.4) is 0 Å². The Hall–Kier alpha value is -1.25. The van der Waals surface area contributed by atoms with Crippen LogP contribution in [-0.4, -0.2) is 28.7 Å². The van der Waals surface area contributed by atoms with Crippen molar-refractivity contribution in [2.75, 3.05) is 0 Å². The standard InChI is InChI=1S/C18H15Ge.C6H15Ge/c1-4-10-16(11-5-1)19(17-12-6-2-7-13-17)18-14-8-3-9-15-18;1-6(2,3)7(4)5/h1-15H;1-5H3. The number of hydrogen-bond acceptors (Lipinski definition) is 0. The minimum atomic E-state index is -1.63. The Morgan fingerprint density at radius 3 is 0.923 bits per heavy atom. The molecule has 0 N–H and O–H groups in total. The van der Waals surface area contributed by atoms with E-state index in [2.05, 4.69) is 123 Å². The summed E-state index contributed by atoms with van der Waals surface area (Å²) in [5.41, 5.74) is 0. The maximum atomic E-state index is 2.42. The second-order valence-electron chi connectivity index (χ2n) is 7.72. The molecule has 0 atom stereocenters. The fourth-order valence-electron chi connectivity index (χ4n) is 2.31. The molecule has 0 unspecified atom stereocenters. The second kappa shape index (κ2) is 10.2. The van der Waals surface area contributed by atoms with Gasteiger partial charge in [-0.25, -0.2) is 0 Å². The summed E-state index contributed by atoms with van der Waals surface area (Å²) in [4.78, 5) is 0. The van der Waals surface area contributed by atoms with Crippen molar-refractivity contribution in [2.24, 2.45) is 0 Å². The molecule has 2 radical (unpaired) electrons. The van der Waals surface area contributed by atoms with Crippen LogP contribution in [0.5, 0.6) is 0 Å². The molecule has 0 bridgehead atoms. The van der Waals surface area contributed by atoms with Gasteiger partial charge in [0, 0.05) is 0 Å². The average Bonchev–Trinajstić information content (AvgIpc) is 2.64. The van der Waals surface area contributed by atoms with Crippen molar-refractivity contribution in [3.05, 3.63) is 91.0 Å². The van der Waals surface area contributed by atoms with Crippen LogP contribution < -0.4 is 13.2 Å². The predicted molar refractivity (Wildman–Crippen MR) is 121 cm³/mol. The molecule has 134 valence electrons. The first-order chi connectivity index (χ1) is 12.4. The average molecular weight is 464 g/mol. The normalized spacial score (nSPS) is 11.2. The molecule has 3 rings (SSSR count). The van der Waals surface area contributed by atoms with Gasteiger partial charge in [-0.15, -0.1) is 0 Å². The number of benzene rings is 3. The molecule has 0 aliphatic carbocycles. The minimum absolute atomic E-state index is 0.590. The molecule has 0 spiro atoms. The molecule has 0 nitrogen and oxygen atoms in total. The van der Waals surface area contributed by atoms with Crippen LogP contribution in [0.2, 0.25) is 15.8 Å².